The number of nitrogens with one attached hydrogen (secondary N) is 2. The van der Waals surface area contributed by atoms with E-state index < -0.39 is 11.7 Å². The van der Waals surface area contributed by atoms with Crippen LogP contribution in [-0.4, -0.2) is 60.7 Å². The average Bonchev–Trinajstić information content (AvgIpc) is 3.13. The van der Waals surface area contributed by atoms with Gasteiger partial charge in [-0.1, -0.05) is 30.7 Å². The van der Waals surface area contributed by atoms with E-state index in [1.807, 2.05) is 56.0 Å². The van der Waals surface area contributed by atoms with E-state index >= 15 is 0 Å². The fourth-order valence-electron chi connectivity index (χ4n) is 4.36. The summed E-state index contributed by atoms with van der Waals surface area (Å²) in [7, 11) is 0. The van der Waals surface area contributed by atoms with Gasteiger partial charge < -0.3 is 25.0 Å². The van der Waals surface area contributed by atoms with Crippen molar-refractivity contribution in [3.8, 4) is 5.75 Å². The number of likely N-dealkylation sites (tertiary alicyclic amines) is 1. The fraction of sp³-hybridized carbons (Fsp3) is 0.621. The smallest absolute Gasteiger partial charge is 0.407 e. The van der Waals surface area contributed by atoms with E-state index in [-0.39, 0.29) is 23.8 Å². The van der Waals surface area contributed by atoms with Crippen molar-refractivity contribution in [2.75, 3.05) is 26.2 Å². The van der Waals surface area contributed by atoms with E-state index in [0.717, 1.165) is 44.3 Å². The van der Waals surface area contributed by atoms with Gasteiger partial charge in [0.1, 0.15) is 11.4 Å². The van der Waals surface area contributed by atoms with Crippen molar-refractivity contribution in [1.82, 2.24) is 15.5 Å². The standard InChI is InChI=1S/C29H45N3O5/c1-5-14-23-21-24(32(27(23)34)19-12-13-20-36-25-15-8-6-9-16-25)22-31-26(33)17-10-7-11-18-30-28(35)37-29(2,3)4/h5-6,8-9,15-16,23-24H,1,7,10-14,17-22H2,2-4H3,(H,30,35)(H,31,33)/t23-,24+/m1/s1. The molecule has 0 aliphatic carbocycles. The molecule has 2 N–H and O–H groups in total. The highest BCUT2D eigenvalue weighted by Gasteiger charge is 2.38. The maximum absolute atomic E-state index is 12.9. The number of amides is 3. The Hall–Kier alpha value is -3.03. The van der Waals surface area contributed by atoms with Crippen LogP contribution < -0.4 is 15.4 Å². The molecule has 1 aliphatic rings. The quantitative estimate of drug-likeness (QED) is 0.243. The van der Waals surface area contributed by atoms with Crippen LogP contribution >= 0.6 is 0 Å². The van der Waals surface area contributed by atoms with Gasteiger partial charge in [-0.25, -0.2) is 4.79 Å². The molecule has 0 radical (unpaired) electrons. The monoisotopic (exact) mass is 515 g/mol. The number of carbonyl (C=O) groups is 3. The van der Waals surface area contributed by atoms with E-state index in [2.05, 4.69) is 17.2 Å². The topological polar surface area (TPSA) is 97.0 Å². The number of rotatable bonds is 16. The van der Waals surface area contributed by atoms with Crippen molar-refractivity contribution >= 4 is 17.9 Å². The van der Waals surface area contributed by atoms with Crippen LogP contribution in [0.3, 0.4) is 0 Å². The highest BCUT2D eigenvalue weighted by atomic mass is 16.6. The molecule has 37 heavy (non-hydrogen) atoms. The Morgan fingerprint density at radius 3 is 2.54 bits per heavy atom. The average molecular weight is 516 g/mol. The zero-order chi connectivity index (χ0) is 27.1. The summed E-state index contributed by atoms with van der Waals surface area (Å²) in [4.78, 5) is 38.9. The molecule has 0 aromatic heterocycles. The van der Waals surface area contributed by atoms with Crippen molar-refractivity contribution in [3.63, 3.8) is 0 Å². The predicted octanol–water partition coefficient (Wildman–Crippen LogP) is 4.84. The zero-order valence-corrected chi connectivity index (χ0v) is 22.8. The van der Waals surface area contributed by atoms with Crippen LogP contribution in [0, 0.1) is 5.92 Å². The van der Waals surface area contributed by atoms with E-state index in [1.54, 1.807) is 6.08 Å². The number of benzene rings is 1. The second kappa shape index (κ2) is 15.9. The van der Waals surface area contributed by atoms with E-state index in [4.69, 9.17) is 9.47 Å². The molecule has 2 rings (SSSR count). The van der Waals surface area contributed by atoms with Crippen LogP contribution in [0.15, 0.2) is 43.0 Å². The number of carbonyl (C=O) groups excluding carboxylic acids is 3. The third kappa shape index (κ3) is 12.2. The lowest BCUT2D eigenvalue weighted by molar-refractivity contribution is -0.132. The lowest BCUT2D eigenvalue weighted by atomic mass is 10.0. The number of unbranched alkanes of at least 4 members (excludes halogenated alkanes) is 3. The van der Waals surface area contributed by atoms with Gasteiger partial charge in [-0.05, 0) is 71.4 Å². The molecular formula is C29H45N3O5. The molecule has 0 spiro atoms. The summed E-state index contributed by atoms with van der Waals surface area (Å²) in [5, 5.41) is 5.75. The van der Waals surface area contributed by atoms with Crippen molar-refractivity contribution in [2.24, 2.45) is 5.92 Å². The molecular weight excluding hydrogens is 470 g/mol. The van der Waals surface area contributed by atoms with Gasteiger partial charge in [0.25, 0.3) is 0 Å². The molecule has 206 valence electrons. The molecule has 0 bridgehead atoms. The summed E-state index contributed by atoms with van der Waals surface area (Å²) in [5.41, 5.74) is -0.510. The van der Waals surface area contributed by atoms with Gasteiger partial charge in [0.05, 0.1) is 6.61 Å². The summed E-state index contributed by atoms with van der Waals surface area (Å²) < 4.78 is 11.0. The highest BCUT2D eigenvalue weighted by molar-refractivity contribution is 5.82. The van der Waals surface area contributed by atoms with E-state index in [0.29, 0.717) is 39.1 Å². The summed E-state index contributed by atoms with van der Waals surface area (Å²) in [6.07, 6.45) is 7.28. The first-order valence-corrected chi connectivity index (χ1v) is 13.5. The SMILES string of the molecule is C=CC[C@@H]1C[C@@H](CNC(=O)CCCCCNC(=O)OC(C)(C)C)N(CCCCOc2ccccc2)C1=O. The lowest BCUT2D eigenvalue weighted by Crippen LogP contribution is -2.42. The molecule has 1 aromatic rings. The van der Waals surface area contributed by atoms with Gasteiger partial charge in [0.2, 0.25) is 11.8 Å². The summed E-state index contributed by atoms with van der Waals surface area (Å²) in [6.45, 7) is 11.5. The first-order chi connectivity index (χ1) is 17.7. The predicted molar refractivity (Wildman–Crippen MR) is 145 cm³/mol. The lowest BCUT2D eigenvalue weighted by Gasteiger charge is -2.25. The summed E-state index contributed by atoms with van der Waals surface area (Å²) in [6, 6.07) is 9.72. The first-order valence-electron chi connectivity index (χ1n) is 13.5. The van der Waals surface area contributed by atoms with Crippen LogP contribution in [0.5, 0.6) is 5.75 Å². The van der Waals surface area contributed by atoms with Crippen molar-refractivity contribution in [2.45, 2.75) is 83.8 Å². The minimum absolute atomic E-state index is 0.00377. The third-order valence-electron chi connectivity index (χ3n) is 6.17. The minimum Gasteiger partial charge on any atom is -0.494 e. The second-order valence-corrected chi connectivity index (χ2v) is 10.6. The molecule has 1 aliphatic heterocycles. The number of para-hydroxylation sites is 1. The maximum atomic E-state index is 12.9. The highest BCUT2D eigenvalue weighted by Crippen LogP contribution is 2.27. The van der Waals surface area contributed by atoms with Gasteiger partial charge in [-0.3, -0.25) is 9.59 Å². The molecule has 1 aromatic carbocycles. The van der Waals surface area contributed by atoms with Gasteiger partial charge in [0.15, 0.2) is 0 Å². The Labute approximate surface area is 222 Å². The van der Waals surface area contributed by atoms with Crippen molar-refractivity contribution in [1.29, 1.82) is 0 Å². The van der Waals surface area contributed by atoms with E-state index in [9.17, 15) is 14.4 Å². The van der Waals surface area contributed by atoms with Gasteiger partial charge in [0, 0.05) is 38.0 Å². The maximum Gasteiger partial charge on any atom is 0.407 e. The van der Waals surface area contributed by atoms with Crippen molar-refractivity contribution in [3.05, 3.63) is 43.0 Å². The molecule has 8 heteroatoms. The Balaban J connectivity index is 1.65. The summed E-state index contributed by atoms with van der Waals surface area (Å²) >= 11 is 0. The van der Waals surface area contributed by atoms with Crippen molar-refractivity contribution < 1.29 is 23.9 Å². The van der Waals surface area contributed by atoms with E-state index in [1.165, 1.54) is 0 Å². The molecule has 2 atom stereocenters. The summed E-state index contributed by atoms with van der Waals surface area (Å²) in [5.74, 6) is 0.944. The Morgan fingerprint density at radius 2 is 1.84 bits per heavy atom. The van der Waals surface area contributed by atoms with Crippen LogP contribution in [0.2, 0.25) is 0 Å². The Kier molecular flexibility index (Phi) is 13.0. The van der Waals surface area contributed by atoms with Crippen LogP contribution in [0.25, 0.3) is 0 Å². The molecule has 3 amide bonds. The first kappa shape index (κ1) is 30.2. The third-order valence-corrected chi connectivity index (χ3v) is 6.17. The fourth-order valence-corrected chi connectivity index (χ4v) is 4.36. The van der Waals surface area contributed by atoms with Gasteiger partial charge in [-0.2, -0.15) is 0 Å². The number of hydrogen-bond donors (Lipinski definition) is 2. The molecule has 0 saturated carbocycles. The van der Waals surface area contributed by atoms with Crippen LogP contribution in [0.4, 0.5) is 4.79 Å². The Bertz CT molecular complexity index is 853. The molecule has 8 nitrogen and oxygen atoms in total. The molecule has 0 unspecified atom stereocenters. The zero-order valence-electron chi connectivity index (χ0n) is 22.8. The number of ether oxygens (including phenoxy) is 2. The molecule has 1 heterocycles. The number of allylic oxidation sites excluding steroid dienone is 1. The normalized spacial score (nSPS) is 17.4. The molecule has 1 saturated heterocycles. The molecule has 1 fully saturated rings. The number of alkyl carbamates (subject to hydrolysis) is 1. The minimum atomic E-state index is -0.510. The number of nitrogens with zero attached hydrogens (tertiary/aromatic N) is 1. The number of hydrogen-bond acceptors (Lipinski definition) is 5. The van der Waals surface area contributed by atoms with Gasteiger partial charge in [-0.15, -0.1) is 6.58 Å². The largest absolute Gasteiger partial charge is 0.494 e. The van der Waals surface area contributed by atoms with Gasteiger partial charge >= 0.3 is 6.09 Å². The van der Waals surface area contributed by atoms with Crippen LogP contribution in [0.1, 0.15) is 72.1 Å². The Morgan fingerprint density at radius 1 is 1.08 bits per heavy atom. The van der Waals surface area contributed by atoms with Crippen LogP contribution in [-0.2, 0) is 14.3 Å². The second-order valence-electron chi connectivity index (χ2n) is 10.6.